The molecule has 1 fully saturated rings. The number of nitrogens with one attached hydrogen (secondary N) is 1. The molecule has 0 aliphatic heterocycles. The van der Waals surface area contributed by atoms with E-state index in [0.29, 0.717) is 24.9 Å². The van der Waals surface area contributed by atoms with E-state index >= 15 is 0 Å². The minimum atomic E-state index is -0.334. The van der Waals surface area contributed by atoms with Gasteiger partial charge in [-0.1, -0.05) is 31.1 Å². The first kappa shape index (κ1) is 19.2. The van der Waals surface area contributed by atoms with Gasteiger partial charge in [0.15, 0.2) is 5.82 Å². The van der Waals surface area contributed by atoms with Crippen molar-refractivity contribution in [1.29, 1.82) is 0 Å². The van der Waals surface area contributed by atoms with Crippen molar-refractivity contribution >= 4 is 6.03 Å². The lowest BCUT2D eigenvalue weighted by Gasteiger charge is -2.24. The average Bonchev–Trinajstić information content (AvgIpc) is 3.35. The van der Waals surface area contributed by atoms with Crippen molar-refractivity contribution in [3.05, 3.63) is 41.5 Å². The molecule has 1 aliphatic rings. The minimum Gasteiger partial charge on any atom is -0.494 e. The molecule has 0 unspecified atom stereocenters. The van der Waals surface area contributed by atoms with E-state index in [2.05, 4.69) is 15.5 Å². The molecular formula is C20H28N4O3. The summed E-state index contributed by atoms with van der Waals surface area (Å²) in [4.78, 5) is 19.1. The van der Waals surface area contributed by atoms with Crippen LogP contribution in [0.4, 0.5) is 4.79 Å². The van der Waals surface area contributed by atoms with Crippen molar-refractivity contribution in [2.24, 2.45) is 0 Å². The topological polar surface area (TPSA) is 80.5 Å². The van der Waals surface area contributed by atoms with Crippen molar-refractivity contribution in [2.75, 3.05) is 6.61 Å². The third-order valence-electron chi connectivity index (χ3n) is 4.52. The number of rotatable bonds is 8. The summed E-state index contributed by atoms with van der Waals surface area (Å²) in [5, 5.41) is 6.95. The normalized spacial score (nSPS) is 14.9. The summed E-state index contributed by atoms with van der Waals surface area (Å²) in [6.45, 7) is 9.03. The van der Waals surface area contributed by atoms with Crippen LogP contribution >= 0.6 is 0 Å². The van der Waals surface area contributed by atoms with Crippen molar-refractivity contribution in [2.45, 2.75) is 65.1 Å². The first-order valence-corrected chi connectivity index (χ1v) is 9.60. The Morgan fingerprint density at radius 3 is 2.56 bits per heavy atom. The molecule has 0 radical (unpaired) electrons. The fraction of sp³-hybridized carbons (Fsp3) is 0.550. The van der Waals surface area contributed by atoms with Gasteiger partial charge < -0.3 is 19.5 Å². The van der Waals surface area contributed by atoms with Gasteiger partial charge in [-0.25, -0.2) is 4.79 Å². The Hall–Kier alpha value is -2.57. The number of nitrogens with zero attached hydrogens (tertiary/aromatic N) is 3. The van der Waals surface area contributed by atoms with Gasteiger partial charge in [0.05, 0.1) is 6.61 Å². The SMILES string of the molecule is CCOc1ccc(CN(C(=O)N[C@H](C)c2nc(C(C)C)no2)C2CC2)cc1. The Balaban J connectivity index is 1.62. The largest absolute Gasteiger partial charge is 0.494 e. The summed E-state index contributed by atoms with van der Waals surface area (Å²) in [7, 11) is 0. The van der Waals surface area contributed by atoms with Gasteiger partial charge in [0.1, 0.15) is 11.8 Å². The quantitative estimate of drug-likeness (QED) is 0.757. The van der Waals surface area contributed by atoms with Gasteiger partial charge in [0, 0.05) is 18.5 Å². The van der Waals surface area contributed by atoms with Gasteiger partial charge in [-0.2, -0.15) is 4.98 Å². The molecule has 1 heterocycles. The smallest absolute Gasteiger partial charge is 0.318 e. The van der Waals surface area contributed by atoms with Crippen LogP contribution in [0.5, 0.6) is 5.75 Å². The zero-order chi connectivity index (χ0) is 19.4. The Labute approximate surface area is 160 Å². The molecule has 2 amide bonds. The second-order valence-electron chi connectivity index (χ2n) is 7.25. The number of carbonyl (C=O) groups excluding carboxylic acids is 1. The highest BCUT2D eigenvalue weighted by atomic mass is 16.5. The maximum atomic E-state index is 12.8. The maximum Gasteiger partial charge on any atom is 0.318 e. The molecule has 0 spiro atoms. The van der Waals surface area contributed by atoms with E-state index in [1.54, 1.807) is 0 Å². The fourth-order valence-electron chi connectivity index (χ4n) is 2.79. The predicted octanol–water partition coefficient (Wildman–Crippen LogP) is 4.03. The molecule has 1 saturated carbocycles. The standard InChI is InChI=1S/C20H28N4O3/c1-5-26-17-10-6-15(7-11-17)12-24(16-8-9-16)20(25)21-14(4)19-22-18(13(2)3)23-27-19/h6-7,10-11,13-14,16H,5,8-9,12H2,1-4H3,(H,21,25)/t14-/m1/s1. The van der Waals surface area contributed by atoms with E-state index in [1.807, 2.05) is 56.9 Å². The zero-order valence-corrected chi connectivity index (χ0v) is 16.4. The highest BCUT2D eigenvalue weighted by Gasteiger charge is 2.33. The van der Waals surface area contributed by atoms with Gasteiger partial charge in [-0.3, -0.25) is 0 Å². The summed E-state index contributed by atoms with van der Waals surface area (Å²) >= 11 is 0. The predicted molar refractivity (Wildman–Crippen MR) is 102 cm³/mol. The number of benzene rings is 1. The monoisotopic (exact) mass is 372 g/mol. The van der Waals surface area contributed by atoms with Crippen LogP contribution in [0, 0.1) is 0 Å². The van der Waals surface area contributed by atoms with Gasteiger partial charge in [-0.15, -0.1) is 0 Å². The number of hydrogen-bond acceptors (Lipinski definition) is 5. The van der Waals surface area contributed by atoms with E-state index in [4.69, 9.17) is 9.26 Å². The number of amides is 2. The van der Waals surface area contributed by atoms with Gasteiger partial charge in [0.25, 0.3) is 0 Å². The average molecular weight is 372 g/mol. The van der Waals surface area contributed by atoms with E-state index in [0.717, 1.165) is 24.2 Å². The number of aromatic nitrogens is 2. The van der Waals surface area contributed by atoms with Gasteiger partial charge in [0.2, 0.25) is 5.89 Å². The molecule has 1 N–H and O–H groups in total. The summed E-state index contributed by atoms with van der Waals surface area (Å²) in [6.07, 6.45) is 2.08. The van der Waals surface area contributed by atoms with Gasteiger partial charge >= 0.3 is 6.03 Å². The lowest BCUT2D eigenvalue weighted by atomic mass is 10.2. The van der Waals surface area contributed by atoms with Crippen LogP contribution in [-0.4, -0.2) is 33.7 Å². The third-order valence-corrected chi connectivity index (χ3v) is 4.52. The molecular weight excluding hydrogens is 344 g/mol. The van der Waals surface area contributed by atoms with Crippen LogP contribution in [-0.2, 0) is 6.54 Å². The fourth-order valence-corrected chi connectivity index (χ4v) is 2.79. The van der Waals surface area contributed by atoms with Crippen LogP contribution in [0.15, 0.2) is 28.8 Å². The second kappa shape index (κ2) is 8.41. The van der Waals surface area contributed by atoms with Crippen molar-refractivity contribution in [1.82, 2.24) is 20.4 Å². The summed E-state index contributed by atoms with van der Waals surface area (Å²) in [5.74, 6) is 2.12. The molecule has 1 atom stereocenters. The summed E-state index contributed by atoms with van der Waals surface area (Å²) < 4.78 is 10.8. The van der Waals surface area contributed by atoms with Gasteiger partial charge in [-0.05, 0) is 44.4 Å². The highest BCUT2D eigenvalue weighted by molar-refractivity contribution is 5.75. The molecule has 0 bridgehead atoms. The third kappa shape index (κ3) is 4.99. The Bertz CT molecular complexity index is 753. The van der Waals surface area contributed by atoms with Crippen LogP contribution in [0.25, 0.3) is 0 Å². The lowest BCUT2D eigenvalue weighted by molar-refractivity contribution is 0.186. The second-order valence-corrected chi connectivity index (χ2v) is 7.25. The Morgan fingerprint density at radius 2 is 2.00 bits per heavy atom. The van der Waals surface area contributed by atoms with Crippen LogP contribution < -0.4 is 10.1 Å². The first-order valence-electron chi connectivity index (χ1n) is 9.60. The Kier molecular flexibility index (Phi) is 5.98. The number of carbonyl (C=O) groups is 1. The van der Waals surface area contributed by atoms with Crippen LogP contribution in [0.1, 0.15) is 69.8 Å². The minimum absolute atomic E-state index is 0.108. The van der Waals surface area contributed by atoms with E-state index in [9.17, 15) is 4.79 Å². The molecule has 7 heteroatoms. The molecule has 3 rings (SSSR count). The molecule has 146 valence electrons. The first-order chi connectivity index (χ1) is 13.0. The molecule has 1 aliphatic carbocycles. The van der Waals surface area contributed by atoms with Crippen LogP contribution in [0.3, 0.4) is 0 Å². The lowest BCUT2D eigenvalue weighted by Crippen LogP contribution is -2.42. The van der Waals surface area contributed by atoms with Crippen molar-refractivity contribution in [3.63, 3.8) is 0 Å². The molecule has 2 aromatic rings. The molecule has 27 heavy (non-hydrogen) atoms. The van der Waals surface area contributed by atoms with E-state index in [1.165, 1.54) is 0 Å². The number of hydrogen-bond donors (Lipinski definition) is 1. The molecule has 1 aromatic heterocycles. The van der Waals surface area contributed by atoms with Crippen molar-refractivity contribution in [3.8, 4) is 5.75 Å². The highest BCUT2D eigenvalue weighted by Crippen LogP contribution is 2.29. The summed E-state index contributed by atoms with van der Waals surface area (Å²) in [5.41, 5.74) is 1.08. The molecule has 0 saturated heterocycles. The molecule has 7 nitrogen and oxygen atoms in total. The molecule has 1 aromatic carbocycles. The van der Waals surface area contributed by atoms with E-state index in [-0.39, 0.29) is 24.0 Å². The van der Waals surface area contributed by atoms with Crippen LogP contribution in [0.2, 0.25) is 0 Å². The zero-order valence-electron chi connectivity index (χ0n) is 16.4. The number of ether oxygens (including phenoxy) is 1. The maximum absolute atomic E-state index is 12.8. The van der Waals surface area contributed by atoms with Crippen molar-refractivity contribution < 1.29 is 14.1 Å². The number of urea groups is 1. The van der Waals surface area contributed by atoms with E-state index < -0.39 is 0 Å². The Morgan fingerprint density at radius 1 is 1.30 bits per heavy atom. The summed E-state index contributed by atoms with van der Waals surface area (Å²) in [6, 6.07) is 7.74.